The molecule has 1 aliphatic heterocycles. The number of fused-ring (bicyclic) bond motifs is 1. The number of hydrogen-bond donors (Lipinski definition) is 0. The van der Waals surface area contributed by atoms with Gasteiger partial charge in [0.25, 0.3) is 0 Å². The molecule has 1 aliphatic rings. The Morgan fingerprint density at radius 2 is 1.70 bits per heavy atom. The molecule has 0 unspecified atom stereocenters. The highest BCUT2D eigenvalue weighted by Gasteiger charge is 2.28. The Morgan fingerprint density at radius 1 is 0.933 bits per heavy atom. The fourth-order valence-electron chi connectivity index (χ4n) is 4.72. The smallest absolute Gasteiger partial charge is 0.120 e. The van der Waals surface area contributed by atoms with Crippen LogP contribution in [-0.2, 0) is 13.1 Å². The van der Waals surface area contributed by atoms with E-state index in [0.717, 1.165) is 31.9 Å². The summed E-state index contributed by atoms with van der Waals surface area (Å²) in [5, 5.41) is 1.38. The summed E-state index contributed by atoms with van der Waals surface area (Å²) in [5.41, 5.74) is 4.24. The van der Waals surface area contributed by atoms with Crippen molar-refractivity contribution >= 4 is 10.9 Å². The fourth-order valence-corrected chi connectivity index (χ4v) is 4.72. The predicted octanol–water partition coefficient (Wildman–Crippen LogP) is 6.61. The minimum Gasteiger partial charge on any atom is -0.497 e. The molecule has 2 aromatic carbocycles. The molecule has 30 heavy (non-hydrogen) atoms. The largest absolute Gasteiger partial charge is 0.497 e. The molecule has 3 nitrogen and oxygen atoms in total. The van der Waals surface area contributed by atoms with Crippen LogP contribution in [0.1, 0.15) is 62.5 Å². The quantitative estimate of drug-likeness (QED) is 0.335. The van der Waals surface area contributed by atoms with Gasteiger partial charge in [-0.1, -0.05) is 69.4 Å². The van der Waals surface area contributed by atoms with Crippen molar-refractivity contribution in [2.75, 3.05) is 20.2 Å². The molecule has 1 fully saturated rings. The van der Waals surface area contributed by atoms with E-state index in [9.17, 15) is 0 Å². The van der Waals surface area contributed by atoms with E-state index in [1.54, 1.807) is 7.11 Å². The van der Waals surface area contributed by atoms with Gasteiger partial charge >= 0.3 is 0 Å². The van der Waals surface area contributed by atoms with Crippen molar-refractivity contribution in [2.45, 2.75) is 64.5 Å². The number of aryl methyl sites for hydroxylation is 1. The van der Waals surface area contributed by atoms with E-state index >= 15 is 0 Å². The van der Waals surface area contributed by atoms with Crippen molar-refractivity contribution in [1.29, 1.82) is 0 Å². The Hall–Kier alpha value is -2.26. The molecule has 0 aliphatic carbocycles. The molecule has 0 N–H and O–H groups in total. The summed E-state index contributed by atoms with van der Waals surface area (Å²) in [6.45, 7) is 6.73. The van der Waals surface area contributed by atoms with Crippen molar-refractivity contribution in [1.82, 2.24) is 9.47 Å². The van der Waals surface area contributed by atoms with E-state index in [0.29, 0.717) is 5.92 Å². The van der Waals surface area contributed by atoms with E-state index in [1.165, 1.54) is 60.6 Å². The van der Waals surface area contributed by atoms with Gasteiger partial charge in [-0.25, -0.2) is 0 Å². The summed E-state index contributed by atoms with van der Waals surface area (Å²) in [7, 11) is 1.76. The van der Waals surface area contributed by atoms with Gasteiger partial charge in [-0.2, -0.15) is 0 Å². The molecule has 2 heterocycles. The SMILES string of the molecule is CCCCCCCCn1cc(CN2CC(c3ccccc3)C2)c2ccc(OC)cc21. The number of aromatic nitrogens is 1. The molecule has 3 aromatic rings. The van der Waals surface area contributed by atoms with Crippen molar-refractivity contribution in [3.63, 3.8) is 0 Å². The summed E-state index contributed by atoms with van der Waals surface area (Å²) in [6, 6.07) is 17.5. The van der Waals surface area contributed by atoms with E-state index in [4.69, 9.17) is 4.74 Å². The Labute approximate surface area is 181 Å². The Kier molecular flexibility index (Phi) is 7.11. The Bertz CT molecular complexity index is 925. The second kappa shape index (κ2) is 10.2. The van der Waals surface area contributed by atoms with Crippen LogP contribution in [0.15, 0.2) is 54.7 Å². The topological polar surface area (TPSA) is 17.4 Å². The van der Waals surface area contributed by atoms with E-state index in [1.807, 2.05) is 0 Å². The zero-order chi connectivity index (χ0) is 20.8. The van der Waals surface area contributed by atoms with Gasteiger partial charge in [-0.15, -0.1) is 0 Å². The van der Waals surface area contributed by atoms with Gasteiger partial charge in [0.1, 0.15) is 5.75 Å². The number of ether oxygens (including phenoxy) is 1. The van der Waals surface area contributed by atoms with Crippen LogP contribution in [0.25, 0.3) is 10.9 Å². The normalized spacial score (nSPS) is 14.9. The summed E-state index contributed by atoms with van der Waals surface area (Å²) < 4.78 is 7.97. The zero-order valence-corrected chi connectivity index (χ0v) is 18.6. The molecule has 0 bridgehead atoms. The lowest BCUT2D eigenvalue weighted by Crippen LogP contribution is -2.44. The number of likely N-dealkylation sites (tertiary alicyclic amines) is 1. The molecule has 0 radical (unpaired) electrons. The third kappa shape index (κ3) is 4.89. The molecule has 1 aromatic heterocycles. The first kappa shape index (κ1) is 21.0. The van der Waals surface area contributed by atoms with E-state index in [2.05, 4.69) is 71.1 Å². The summed E-state index contributed by atoms with van der Waals surface area (Å²) >= 11 is 0. The zero-order valence-electron chi connectivity index (χ0n) is 18.6. The molecule has 0 saturated carbocycles. The lowest BCUT2D eigenvalue weighted by Gasteiger charge is -2.39. The number of nitrogens with zero attached hydrogens (tertiary/aromatic N) is 2. The first-order valence-corrected chi connectivity index (χ1v) is 11.7. The number of unbranched alkanes of at least 4 members (excludes halogenated alkanes) is 5. The van der Waals surface area contributed by atoms with Gasteiger partial charge < -0.3 is 9.30 Å². The summed E-state index contributed by atoms with van der Waals surface area (Å²) in [5.74, 6) is 1.63. The maximum absolute atomic E-state index is 5.51. The lowest BCUT2D eigenvalue weighted by molar-refractivity contribution is 0.140. The van der Waals surface area contributed by atoms with Crippen molar-refractivity contribution in [3.8, 4) is 5.75 Å². The van der Waals surface area contributed by atoms with Gasteiger partial charge in [0.05, 0.1) is 12.6 Å². The van der Waals surface area contributed by atoms with Crippen molar-refractivity contribution in [2.24, 2.45) is 0 Å². The molecule has 0 atom stereocenters. The van der Waals surface area contributed by atoms with Crippen LogP contribution in [0, 0.1) is 0 Å². The average Bonchev–Trinajstić information content (AvgIpc) is 3.10. The van der Waals surface area contributed by atoms with Crippen LogP contribution in [0.2, 0.25) is 0 Å². The number of rotatable bonds is 11. The van der Waals surface area contributed by atoms with Gasteiger partial charge in [0.2, 0.25) is 0 Å². The monoisotopic (exact) mass is 404 g/mol. The Balaban J connectivity index is 1.41. The van der Waals surface area contributed by atoms with Crippen LogP contribution in [0.3, 0.4) is 0 Å². The molecule has 160 valence electrons. The van der Waals surface area contributed by atoms with Gasteiger partial charge in [0.15, 0.2) is 0 Å². The molecular formula is C27H36N2O. The predicted molar refractivity (Wildman–Crippen MR) is 126 cm³/mol. The molecule has 1 saturated heterocycles. The molecule has 0 spiro atoms. The van der Waals surface area contributed by atoms with E-state index < -0.39 is 0 Å². The highest BCUT2D eigenvalue weighted by atomic mass is 16.5. The first-order chi connectivity index (χ1) is 14.8. The van der Waals surface area contributed by atoms with Gasteiger partial charge in [-0.05, 0) is 29.7 Å². The third-order valence-electron chi connectivity index (χ3n) is 6.55. The van der Waals surface area contributed by atoms with Gasteiger partial charge in [0, 0.05) is 49.7 Å². The van der Waals surface area contributed by atoms with Crippen LogP contribution >= 0.6 is 0 Å². The molecule has 4 rings (SSSR count). The van der Waals surface area contributed by atoms with Crippen LogP contribution < -0.4 is 4.74 Å². The van der Waals surface area contributed by atoms with Gasteiger partial charge in [-0.3, -0.25) is 4.90 Å². The second-order valence-electron chi connectivity index (χ2n) is 8.80. The summed E-state index contributed by atoms with van der Waals surface area (Å²) in [4.78, 5) is 2.58. The molecule has 0 amide bonds. The number of hydrogen-bond acceptors (Lipinski definition) is 2. The second-order valence-corrected chi connectivity index (χ2v) is 8.80. The van der Waals surface area contributed by atoms with Crippen LogP contribution in [0.4, 0.5) is 0 Å². The third-order valence-corrected chi connectivity index (χ3v) is 6.55. The number of methoxy groups -OCH3 is 1. The molecular weight excluding hydrogens is 368 g/mol. The fraction of sp³-hybridized carbons (Fsp3) is 0.481. The first-order valence-electron chi connectivity index (χ1n) is 11.7. The van der Waals surface area contributed by atoms with Crippen LogP contribution in [-0.4, -0.2) is 29.7 Å². The molecule has 3 heteroatoms. The minimum absolute atomic E-state index is 0.683. The Morgan fingerprint density at radius 3 is 2.47 bits per heavy atom. The van der Waals surface area contributed by atoms with E-state index in [-0.39, 0.29) is 0 Å². The maximum atomic E-state index is 5.51. The lowest BCUT2D eigenvalue weighted by atomic mass is 9.91. The average molecular weight is 405 g/mol. The highest BCUT2D eigenvalue weighted by molar-refractivity contribution is 5.85. The van der Waals surface area contributed by atoms with Crippen molar-refractivity contribution < 1.29 is 4.74 Å². The number of benzene rings is 2. The standard InChI is InChI=1S/C27H36N2O/c1-3-4-5-6-7-11-16-29-21-24(26-15-14-25(30-2)17-27(26)29)20-28-18-23(19-28)22-12-9-8-10-13-22/h8-10,12-15,17,21,23H,3-7,11,16,18-20H2,1-2H3. The van der Waals surface area contributed by atoms with Crippen molar-refractivity contribution in [3.05, 3.63) is 65.9 Å². The highest BCUT2D eigenvalue weighted by Crippen LogP contribution is 2.32. The minimum atomic E-state index is 0.683. The summed E-state index contributed by atoms with van der Waals surface area (Å²) in [6.07, 6.45) is 10.4. The van der Waals surface area contributed by atoms with Crippen LogP contribution in [0.5, 0.6) is 5.75 Å². The maximum Gasteiger partial charge on any atom is 0.120 e.